The van der Waals surface area contributed by atoms with Crippen LogP contribution in [0.5, 0.6) is 5.75 Å². The second kappa shape index (κ2) is 13.4. The van der Waals surface area contributed by atoms with Gasteiger partial charge in [-0.05, 0) is 83.0 Å². The molecule has 2 saturated heterocycles. The molecule has 5 rings (SSSR count). The molecule has 2 aliphatic heterocycles. The van der Waals surface area contributed by atoms with Gasteiger partial charge < -0.3 is 35.6 Å². The fourth-order valence-corrected chi connectivity index (χ4v) is 5.81. The van der Waals surface area contributed by atoms with Gasteiger partial charge in [-0.25, -0.2) is 9.37 Å². The first-order chi connectivity index (χ1) is 21.0. The van der Waals surface area contributed by atoms with E-state index < -0.39 is 11.4 Å². The Hall–Kier alpha value is -3.93. The molecule has 3 aromatic rings. The van der Waals surface area contributed by atoms with Crippen molar-refractivity contribution in [1.29, 1.82) is 0 Å². The van der Waals surface area contributed by atoms with Gasteiger partial charge in [-0.1, -0.05) is 18.2 Å². The van der Waals surface area contributed by atoms with Crippen LogP contribution in [0.25, 0.3) is 0 Å². The average molecular weight is 624 g/mol. The highest BCUT2D eigenvalue weighted by Gasteiger charge is 2.29. The molecule has 12 heteroatoms. The number of likely N-dealkylation sites (tertiary alicyclic amines) is 1. The van der Waals surface area contributed by atoms with Crippen LogP contribution in [-0.4, -0.2) is 65.2 Å². The molecule has 10 nitrogen and oxygen atoms in total. The number of rotatable bonds is 12. The summed E-state index contributed by atoms with van der Waals surface area (Å²) >= 11 is 6.05. The average Bonchev–Trinajstić information content (AvgIpc) is 3.42. The number of methoxy groups -OCH3 is 1. The van der Waals surface area contributed by atoms with Crippen LogP contribution < -0.4 is 25.6 Å². The number of carbonyl (C=O) groups is 1. The number of nitrogens with one attached hydrogen (secondary N) is 3. The minimum atomic E-state index is -1.34. The topological polar surface area (TPSA) is 115 Å². The van der Waals surface area contributed by atoms with E-state index in [0.717, 1.165) is 38.0 Å². The molecule has 0 unspecified atom stereocenters. The standard InChI is InChI=1S/C32H39ClFN7O3/c1-5-30(42)37-25-18-26(28(44-4)19-27(25)41-14-6-8-20(41)10-15-40-12-7-13-40)38-31-35-11-9-29(39-31)36-24-17-22(33)23(34)16-21(24)32(2,3)43/h5,9,11,16-20,43H,1,6-8,10,12-15H2,2-4H3,(H,37,42)(H2,35,36,38,39)/t20-/m1/s1. The van der Waals surface area contributed by atoms with Crippen molar-refractivity contribution in [2.45, 2.75) is 51.2 Å². The SMILES string of the molecule is C=CC(=O)Nc1cc(Nc2nccc(Nc3cc(Cl)c(F)cc3C(C)(C)O)n2)c(OC)cc1N1CCC[C@@H]1CCN1CCC1. The van der Waals surface area contributed by atoms with Crippen LogP contribution in [0.2, 0.25) is 5.02 Å². The van der Waals surface area contributed by atoms with Gasteiger partial charge in [0.25, 0.3) is 0 Å². The highest BCUT2D eigenvalue weighted by Crippen LogP contribution is 2.41. The van der Waals surface area contributed by atoms with Gasteiger partial charge in [0.15, 0.2) is 0 Å². The molecule has 0 bridgehead atoms. The van der Waals surface area contributed by atoms with Crippen molar-refractivity contribution in [3.05, 3.63) is 65.6 Å². The van der Waals surface area contributed by atoms with Crippen LogP contribution in [0, 0.1) is 5.82 Å². The lowest BCUT2D eigenvalue weighted by Gasteiger charge is -2.34. The molecule has 4 N–H and O–H groups in total. The Labute approximate surface area is 262 Å². The molecule has 0 spiro atoms. The van der Waals surface area contributed by atoms with Crippen LogP contribution in [0.1, 0.15) is 45.1 Å². The van der Waals surface area contributed by atoms with Crippen LogP contribution >= 0.6 is 11.6 Å². The van der Waals surface area contributed by atoms with Crippen molar-refractivity contribution in [2.75, 3.05) is 54.1 Å². The Morgan fingerprint density at radius 3 is 2.66 bits per heavy atom. The number of carbonyl (C=O) groups excluding carboxylic acids is 1. The molecule has 2 aromatic carbocycles. The van der Waals surface area contributed by atoms with E-state index >= 15 is 0 Å². The predicted octanol–water partition coefficient (Wildman–Crippen LogP) is 6.18. The maximum atomic E-state index is 14.2. The van der Waals surface area contributed by atoms with Gasteiger partial charge in [0, 0.05) is 42.6 Å². The van der Waals surface area contributed by atoms with Crippen LogP contribution in [-0.2, 0) is 10.4 Å². The first-order valence-corrected chi connectivity index (χ1v) is 15.2. The number of hydrogen-bond acceptors (Lipinski definition) is 9. The van der Waals surface area contributed by atoms with E-state index in [0.29, 0.717) is 40.2 Å². The van der Waals surface area contributed by atoms with Crippen molar-refractivity contribution in [3.8, 4) is 5.75 Å². The van der Waals surface area contributed by atoms with E-state index in [-0.39, 0.29) is 16.9 Å². The fraction of sp³-hybridized carbons (Fsp3) is 0.406. The molecular formula is C32H39ClFN7O3. The monoisotopic (exact) mass is 623 g/mol. The lowest BCUT2D eigenvalue weighted by atomic mass is 9.96. The molecule has 1 amide bonds. The third-order valence-corrected chi connectivity index (χ3v) is 8.35. The minimum absolute atomic E-state index is 0.0902. The van der Waals surface area contributed by atoms with E-state index in [1.807, 2.05) is 12.1 Å². The highest BCUT2D eigenvalue weighted by molar-refractivity contribution is 6.31. The van der Waals surface area contributed by atoms with Crippen molar-refractivity contribution in [3.63, 3.8) is 0 Å². The number of ether oxygens (including phenoxy) is 1. The minimum Gasteiger partial charge on any atom is -0.494 e. The van der Waals surface area contributed by atoms with Gasteiger partial charge in [0.05, 0.1) is 34.8 Å². The third kappa shape index (κ3) is 7.23. The van der Waals surface area contributed by atoms with Crippen LogP contribution in [0.4, 0.5) is 38.9 Å². The number of amides is 1. The second-order valence-electron chi connectivity index (χ2n) is 11.6. The number of aromatic nitrogens is 2. The summed E-state index contributed by atoms with van der Waals surface area (Å²) in [5.74, 6) is 0.233. The number of nitrogens with zero attached hydrogens (tertiary/aromatic N) is 4. The number of anilines is 6. The largest absolute Gasteiger partial charge is 0.494 e. The summed E-state index contributed by atoms with van der Waals surface area (Å²) in [5.41, 5.74) is 1.44. The zero-order valence-corrected chi connectivity index (χ0v) is 26.0. The van der Waals surface area contributed by atoms with Gasteiger partial charge >= 0.3 is 0 Å². The molecule has 2 fully saturated rings. The van der Waals surface area contributed by atoms with Crippen molar-refractivity contribution in [2.24, 2.45) is 0 Å². The maximum Gasteiger partial charge on any atom is 0.247 e. The second-order valence-corrected chi connectivity index (χ2v) is 12.0. The molecule has 1 atom stereocenters. The van der Waals surface area contributed by atoms with E-state index in [9.17, 15) is 14.3 Å². The number of halogens is 2. The van der Waals surface area contributed by atoms with Gasteiger partial charge in [-0.3, -0.25) is 4.79 Å². The van der Waals surface area contributed by atoms with Gasteiger partial charge in [-0.2, -0.15) is 4.98 Å². The molecule has 44 heavy (non-hydrogen) atoms. The first kappa shape index (κ1) is 31.5. The summed E-state index contributed by atoms with van der Waals surface area (Å²) in [7, 11) is 1.59. The van der Waals surface area contributed by atoms with Gasteiger partial charge in [-0.15, -0.1) is 0 Å². The zero-order chi connectivity index (χ0) is 31.4. The Morgan fingerprint density at radius 1 is 1.18 bits per heavy atom. The Morgan fingerprint density at radius 2 is 1.98 bits per heavy atom. The summed E-state index contributed by atoms with van der Waals surface area (Å²) in [5, 5.41) is 19.8. The van der Waals surface area contributed by atoms with E-state index in [4.69, 9.17) is 16.3 Å². The quantitative estimate of drug-likeness (QED) is 0.176. The highest BCUT2D eigenvalue weighted by atomic mass is 35.5. The van der Waals surface area contributed by atoms with E-state index in [1.165, 1.54) is 37.7 Å². The molecule has 3 heterocycles. The number of aliphatic hydroxyl groups is 1. The molecule has 0 aliphatic carbocycles. The molecule has 1 aromatic heterocycles. The maximum absolute atomic E-state index is 14.2. The van der Waals surface area contributed by atoms with E-state index in [1.54, 1.807) is 33.2 Å². The van der Waals surface area contributed by atoms with Crippen molar-refractivity contribution >= 4 is 52.0 Å². The van der Waals surface area contributed by atoms with E-state index in [2.05, 4.69) is 42.3 Å². The normalized spacial score (nSPS) is 16.8. The van der Waals surface area contributed by atoms with Crippen molar-refractivity contribution < 1.29 is 19.0 Å². The number of hydrogen-bond donors (Lipinski definition) is 4. The van der Waals surface area contributed by atoms with Crippen molar-refractivity contribution in [1.82, 2.24) is 14.9 Å². The third-order valence-electron chi connectivity index (χ3n) is 8.06. The Bertz CT molecular complexity index is 1530. The summed E-state index contributed by atoms with van der Waals surface area (Å²) in [4.78, 5) is 26.2. The van der Waals surface area contributed by atoms with Gasteiger partial charge in [0.2, 0.25) is 11.9 Å². The lowest BCUT2D eigenvalue weighted by molar-refractivity contribution is -0.111. The molecular weight excluding hydrogens is 585 g/mol. The first-order valence-electron chi connectivity index (χ1n) is 14.8. The van der Waals surface area contributed by atoms with Gasteiger partial charge in [0.1, 0.15) is 17.4 Å². The summed E-state index contributed by atoms with van der Waals surface area (Å²) in [6, 6.07) is 8.35. The molecule has 0 radical (unpaired) electrons. The summed E-state index contributed by atoms with van der Waals surface area (Å²) < 4.78 is 20.0. The Balaban J connectivity index is 1.43. The number of benzene rings is 2. The van der Waals surface area contributed by atoms with Crippen LogP contribution in [0.3, 0.4) is 0 Å². The zero-order valence-electron chi connectivity index (χ0n) is 25.3. The summed E-state index contributed by atoms with van der Waals surface area (Å²) in [6.45, 7) is 11.0. The molecule has 234 valence electrons. The smallest absolute Gasteiger partial charge is 0.247 e. The lowest BCUT2D eigenvalue weighted by Crippen LogP contribution is -2.40. The molecule has 2 aliphatic rings. The Kier molecular flexibility index (Phi) is 9.57. The fourth-order valence-electron chi connectivity index (χ4n) is 5.65. The predicted molar refractivity (Wildman–Crippen MR) is 173 cm³/mol. The van der Waals surface area contributed by atoms with Crippen LogP contribution in [0.15, 0.2) is 49.2 Å². The molecule has 0 saturated carbocycles. The summed E-state index contributed by atoms with van der Waals surface area (Å²) in [6.07, 6.45) is 7.29.